The zero-order chi connectivity index (χ0) is 32.1. The highest BCUT2D eigenvalue weighted by atomic mass is 16.5. The third-order valence-electron chi connectivity index (χ3n) is 10.8. The van der Waals surface area contributed by atoms with Crippen molar-refractivity contribution in [3.05, 3.63) is 111 Å². The molecular formula is C38H34O7. The number of aliphatic hydroxyl groups excluding tert-OH is 1. The standard InChI is InChI=1S/C38H34O7/c1-15(2)18(5)33-24-23(25-29(40)30(41)31(42)32(43)34(25)45-33)20-14-17(4)22-16(3)12-13-37(6)26-19-10-8-9-11-21(19)44-35(26)27(28(24)39)38(20,7)36(22)37/h8-14,16-17,39-43H,1H2,2-7H3/b33-18+. The summed E-state index contributed by atoms with van der Waals surface area (Å²) in [7, 11) is 0. The zero-order valence-corrected chi connectivity index (χ0v) is 26.0. The number of aromatic hydroxyl groups is 4. The van der Waals surface area contributed by atoms with Crippen molar-refractivity contribution in [1.82, 2.24) is 0 Å². The summed E-state index contributed by atoms with van der Waals surface area (Å²) in [6, 6.07) is 7.91. The molecule has 7 nitrogen and oxygen atoms in total. The molecule has 2 aromatic carbocycles. The van der Waals surface area contributed by atoms with E-state index in [4.69, 9.17) is 9.15 Å². The molecular weight excluding hydrogens is 568 g/mol. The molecule has 2 heterocycles. The van der Waals surface area contributed by atoms with E-state index in [1.807, 2.05) is 25.1 Å². The van der Waals surface area contributed by atoms with E-state index in [0.717, 1.165) is 22.1 Å². The molecule has 5 aliphatic rings. The predicted molar refractivity (Wildman–Crippen MR) is 172 cm³/mol. The van der Waals surface area contributed by atoms with E-state index in [9.17, 15) is 25.5 Å². The number of benzene rings is 2. The minimum absolute atomic E-state index is 0.0121. The number of rotatable bonds is 1. The van der Waals surface area contributed by atoms with Crippen LogP contribution in [0, 0.1) is 17.3 Å². The van der Waals surface area contributed by atoms with Crippen LogP contribution in [0.5, 0.6) is 28.7 Å². The number of ether oxygens (including phenoxy) is 1. The van der Waals surface area contributed by atoms with Crippen LogP contribution < -0.4 is 4.74 Å². The number of hydrogen-bond acceptors (Lipinski definition) is 7. The van der Waals surface area contributed by atoms with Crippen LogP contribution >= 0.6 is 0 Å². The molecule has 0 amide bonds. The van der Waals surface area contributed by atoms with Gasteiger partial charge in [0.05, 0.1) is 16.7 Å². The first-order valence-corrected chi connectivity index (χ1v) is 15.2. The summed E-state index contributed by atoms with van der Waals surface area (Å²) in [6.07, 6.45) is 6.64. The molecule has 4 aliphatic carbocycles. The van der Waals surface area contributed by atoms with E-state index in [-0.39, 0.29) is 40.2 Å². The Kier molecular flexibility index (Phi) is 5.11. The number of furan rings is 1. The van der Waals surface area contributed by atoms with Crippen LogP contribution in [0.4, 0.5) is 0 Å². The van der Waals surface area contributed by atoms with Gasteiger partial charge in [0.2, 0.25) is 17.2 Å². The minimum atomic E-state index is -0.953. The van der Waals surface area contributed by atoms with Crippen LogP contribution in [0.1, 0.15) is 58.4 Å². The Morgan fingerprint density at radius 1 is 0.889 bits per heavy atom. The van der Waals surface area contributed by atoms with E-state index < -0.39 is 33.8 Å². The lowest BCUT2D eigenvalue weighted by Crippen LogP contribution is -2.48. The smallest absolute Gasteiger partial charge is 0.208 e. The number of aliphatic hydroxyl groups is 1. The molecule has 0 spiro atoms. The van der Waals surface area contributed by atoms with Gasteiger partial charge in [0.15, 0.2) is 11.5 Å². The van der Waals surface area contributed by atoms with Crippen LogP contribution in [0.3, 0.4) is 0 Å². The fourth-order valence-electron chi connectivity index (χ4n) is 8.73. The van der Waals surface area contributed by atoms with Gasteiger partial charge in [-0.25, -0.2) is 0 Å². The second-order valence-corrected chi connectivity index (χ2v) is 13.4. The summed E-state index contributed by atoms with van der Waals surface area (Å²) in [5.74, 6) is -2.59. The molecule has 0 radical (unpaired) electrons. The van der Waals surface area contributed by atoms with Crippen LogP contribution in [0.15, 0.2) is 98.4 Å². The van der Waals surface area contributed by atoms with Gasteiger partial charge in [-0.05, 0) is 62.3 Å². The summed E-state index contributed by atoms with van der Waals surface area (Å²) in [6.45, 7) is 16.3. The molecule has 0 bridgehead atoms. The van der Waals surface area contributed by atoms with Crippen LogP contribution in [-0.2, 0) is 5.41 Å². The van der Waals surface area contributed by atoms with Crippen LogP contribution in [-0.4, -0.2) is 25.5 Å². The number of para-hydroxylation sites is 1. The Morgan fingerprint density at radius 3 is 2.29 bits per heavy atom. The number of hydrogen-bond donors (Lipinski definition) is 5. The van der Waals surface area contributed by atoms with E-state index in [1.54, 1.807) is 6.92 Å². The molecule has 228 valence electrons. The third-order valence-corrected chi connectivity index (χ3v) is 10.8. The number of phenolic OH excluding ortho intramolecular Hbond substituents is 4. The largest absolute Gasteiger partial charge is 0.507 e. The van der Waals surface area contributed by atoms with Gasteiger partial charge >= 0.3 is 0 Å². The lowest BCUT2D eigenvalue weighted by Gasteiger charge is -2.56. The highest BCUT2D eigenvalue weighted by molar-refractivity contribution is 6.07. The first-order chi connectivity index (χ1) is 21.2. The fraction of sp³-hybridized carbons (Fsp3) is 0.263. The molecule has 0 fully saturated rings. The van der Waals surface area contributed by atoms with Crippen molar-refractivity contribution in [3.63, 3.8) is 0 Å². The topological polar surface area (TPSA) is 124 Å². The summed E-state index contributed by atoms with van der Waals surface area (Å²) >= 11 is 0. The molecule has 8 rings (SSSR count). The maximum atomic E-state index is 12.7. The SMILES string of the molecule is C=C(C)/C(C)=C1/Oc2c(O)c(O)c(O)c(O)c2C2=C1C(O)=C1c3oc4ccccc4c3C3(C)C=CC(C)C4=C3C1(C)C2=CC4C. The van der Waals surface area contributed by atoms with E-state index in [2.05, 4.69) is 58.6 Å². The van der Waals surface area contributed by atoms with Crippen molar-refractivity contribution in [2.75, 3.05) is 0 Å². The van der Waals surface area contributed by atoms with Gasteiger partial charge in [0.1, 0.15) is 22.9 Å². The average Bonchev–Trinajstić information content (AvgIpc) is 3.40. The molecule has 4 atom stereocenters. The van der Waals surface area contributed by atoms with Gasteiger partial charge in [-0.2, -0.15) is 0 Å². The van der Waals surface area contributed by atoms with Gasteiger partial charge in [-0.1, -0.05) is 68.0 Å². The van der Waals surface area contributed by atoms with Crippen LogP contribution in [0.2, 0.25) is 0 Å². The highest BCUT2D eigenvalue weighted by Crippen LogP contribution is 2.73. The lowest BCUT2D eigenvalue weighted by atomic mass is 9.46. The maximum absolute atomic E-state index is 12.7. The van der Waals surface area contributed by atoms with Crippen molar-refractivity contribution in [1.29, 1.82) is 0 Å². The average molecular weight is 603 g/mol. The monoisotopic (exact) mass is 602 g/mol. The zero-order valence-electron chi connectivity index (χ0n) is 26.0. The summed E-state index contributed by atoms with van der Waals surface area (Å²) in [5, 5.41) is 57.5. The molecule has 3 aromatic rings. The number of allylic oxidation sites excluding steroid dienone is 10. The second kappa shape index (κ2) is 8.36. The van der Waals surface area contributed by atoms with Gasteiger partial charge in [0, 0.05) is 27.4 Å². The molecule has 7 heteroatoms. The molecule has 5 N–H and O–H groups in total. The summed E-state index contributed by atoms with van der Waals surface area (Å²) in [4.78, 5) is 0. The van der Waals surface area contributed by atoms with E-state index >= 15 is 0 Å². The van der Waals surface area contributed by atoms with Crippen molar-refractivity contribution in [2.24, 2.45) is 17.3 Å². The molecule has 0 saturated heterocycles. The normalized spacial score (nSPS) is 28.7. The Balaban J connectivity index is 1.63. The lowest BCUT2D eigenvalue weighted by molar-refractivity contribution is 0.316. The van der Waals surface area contributed by atoms with Gasteiger partial charge in [0.25, 0.3) is 0 Å². The molecule has 1 aliphatic heterocycles. The molecule has 0 saturated carbocycles. The van der Waals surface area contributed by atoms with Crippen molar-refractivity contribution in [2.45, 2.75) is 47.0 Å². The summed E-state index contributed by atoms with van der Waals surface area (Å²) < 4.78 is 13.0. The van der Waals surface area contributed by atoms with Crippen molar-refractivity contribution < 1.29 is 34.7 Å². The number of fused-ring (bicyclic) bond motifs is 8. The molecule has 1 aromatic heterocycles. The number of phenols is 4. The van der Waals surface area contributed by atoms with Crippen LogP contribution in [0.25, 0.3) is 22.1 Å². The Bertz CT molecular complexity index is 2180. The molecule has 4 unspecified atom stereocenters. The summed E-state index contributed by atoms with van der Waals surface area (Å²) in [5.41, 5.74) is 5.80. The third kappa shape index (κ3) is 2.97. The Labute approximate surface area is 260 Å². The predicted octanol–water partition coefficient (Wildman–Crippen LogP) is 8.59. The molecule has 45 heavy (non-hydrogen) atoms. The maximum Gasteiger partial charge on any atom is 0.208 e. The second-order valence-electron chi connectivity index (χ2n) is 13.4. The van der Waals surface area contributed by atoms with Gasteiger partial charge < -0.3 is 34.7 Å². The van der Waals surface area contributed by atoms with Gasteiger partial charge in [-0.3, -0.25) is 0 Å². The Hall–Kier alpha value is -5.04. The van der Waals surface area contributed by atoms with Gasteiger partial charge in [-0.15, -0.1) is 0 Å². The fourth-order valence-corrected chi connectivity index (χ4v) is 8.73. The Morgan fingerprint density at radius 2 is 1.58 bits per heavy atom. The minimum Gasteiger partial charge on any atom is -0.507 e. The van der Waals surface area contributed by atoms with Crippen molar-refractivity contribution in [3.8, 4) is 28.7 Å². The van der Waals surface area contributed by atoms with Crippen molar-refractivity contribution >= 4 is 22.1 Å². The highest BCUT2D eigenvalue weighted by Gasteiger charge is 2.62. The first kappa shape index (κ1) is 27.5. The van der Waals surface area contributed by atoms with E-state index in [0.29, 0.717) is 33.6 Å². The van der Waals surface area contributed by atoms with E-state index in [1.165, 1.54) is 5.57 Å². The first-order valence-electron chi connectivity index (χ1n) is 15.2. The quantitative estimate of drug-likeness (QED) is 0.107.